The number of fused-ring (bicyclic) bond motifs is 1. The number of hydrogen-bond donors (Lipinski definition) is 4. The van der Waals surface area contributed by atoms with Crippen LogP contribution in [-0.4, -0.2) is 71.0 Å². The van der Waals surface area contributed by atoms with Crippen LogP contribution in [0, 0.1) is 5.82 Å². The van der Waals surface area contributed by atoms with E-state index >= 15 is 0 Å². The minimum absolute atomic E-state index is 0.00470. The second kappa shape index (κ2) is 10.2. The highest BCUT2D eigenvalue weighted by Gasteiger charge is 2.24. The molecule has 3 rings (SSSR count). The SMILES string of the molecule is CN(C)NC(=O)C(=O)Nc1nc(C(=O)NN(C)C)c(O)c2ncc(Cc3ccc(F)cc3)cc12. The van der Waals surface area contributed by atoms with E-state index in [0.717, 1.165) is 5.56 Å². The molecule has 0 aliphatic heterocycles. The Morgan fingerprint density at radius 2 is 1.62 bits per heavy atom. The summed E-state index contributed by atoms with van der Waals surface area (Å²) in [5.74, 6) is -3.71. The molecule has 0 saturated carbocycles. The first-order valence-corrected chi connectivity index (χ1v) is 10.1. The van der Waals surface area contributed by atoms with Crippen molar-refractivity contribution in [2.24, 2.45) is 0 Å². The lowest BCUT2D eigenvalue weighted by atomic mass is 10.0. The number of anilines is 1. The van der Waals surface area contributed by atoms with Gasteiger partial charge in [-0.2, -0.15) is 0 Å². The summed E-state index contributed by atoms with van der Waals surface area (Å²) >= 11 is 0. The molecule has 0 unspecified atom stereocenters. The highest BCUT2D eigenvalue weighted by molar-refractivity contribution is 6.40. The molecule has 0 aliphatic carbocycles. The Morgan fingerprint density at radius 3 is 2.24 bits per heavy atom. The van der Waals surface area contributed by atoms with Crippen LogP contribution in [0.5, 0.6) is 5.75 Å². The molecule has 0 fully saturated rings. The molecule has 0 spiro atoms. The van der Waals surface area contributed by atoms with Gasteiger partial charge in [-0.3, -0.25) is 30.2 Å². The Balaban J connectivity index is 2.07. The Bertz CT molecular complexity index is 1250. The Morgan fingerprint density at radius 1 is 0.971 bits per heavy atom. The van der Waals surface area contributed by atoms with Crippen molar-refractivity contribution in [3.8, 4) is 5.75 Å². The summed E-state index contributed by atoms with van der Waals surface area (Å²) < 4.78 is 13.2. The number of rotatable bonds is 6. The van der Waals surface area contributed by atoms with Gasteiger partial charge in [0.2, 0.25) is 0 Å². The quantitative estimate of drug-likeness (QED) is 0.307. The predicted molar refractivity (Wildman–Crippen MR) is 122 cm³/mol. The van der Waals surface area contributed by atoms with Crippen molar-refractivity contribution in [3.63, 3.8) is 0 Å². The highest BCUT2D eigenvalue weighted by atomic mass is 19.1. The number of amides is 3. The molecule has 2 aromatic heterocycles. The molecule has 2 heterocycles. The van der Waals surface area contributed by atoms with Crippen LogP contribution in [0.1, 0.15) is 21.6 Å². The molecule has 3 aromatic rings. The van der Waals surface area contributed by atoms with Gasteiger partial charge in [0, 0.05) is 39.8 Å². The molecule has 0 saturated heterocycles. The van der Waals surface area contributed by atoms with Gasteiger partial charge in [0.1, 0.15) is 17.2 Å². The highest BCUT2D eigenvalue weighted by Crippen LogP contribution is 2.32. The zero-order valence-electron chi connectivity index (χ0n) is 19.0. The standard InChI is InChI=1S/C22H24FN7O4/c1-29(2)27-20(32)17-18(31)16-15(19(25-17)26-21(33)22(34)28-30(3)4)10-13(11-24-16)9-12-5-7-14(23)8-6-12/h5-8,10-11,31H,9H2,1-4H3,(H,27,32)(H,28,34)(H,25,26,33). The van der Waals surface area contributed by atoms with E-state index in [9.17, 15) is 23.9 Å². The van der Waals surface area contributed by atoms with E-state index in [4.69, 9.17) is 0 Å². The van der Waals surface area contributed by atoms with E-state index in [1.807, 2.05) is 0 Å². The monoisotopic (exact) mass is 469 g/mol. The fourth-order valence-corrected chi connectivity index (χ4v) is 3.08. The van der Waals surface area contributed by atoms with E-state index in [1.54, 1.807) is 32.3 Å². The average molecular weight is 469 g/mol. The van der Waals surface area contributed by atoms with Gasteiger partial charge in [-0.05, 0) is 35.7 Å². The number of carbonyl (C=O) groups is 3. The van der Waals surface area contributed by atoms with Crippen LogP contribution >= 0.6 is 0 Å². The van der Waals surface area contributed by atoms with E-state index < -0.39 is 23.5 Å². The van der Waals surface area contributed by atoms with Gasteiger partial charge in [0.15, 0.2) is 11.4 Å². The summed E-state index contributed by atoms with van der Waals surface area (Å²) in [7, 11) is 6.22. The third-order valence-corrected chi connectivity index (χ3v) is 4.50. The molecule has 0 bridgehead atoms. The molecule has 1 aromatic carbocycles. The second-order valence-electron chi connectivity index (χ2n) is 7.83. The summed E-state index contributed by atoms with van der Waals surface area (Å²) in [4.78, 5) is 45.4. The topological polar surface area (TPSA) is 140 Å². The van der Waals surface area contributed by atoms with Crippen molar-refractivity contribution in [2.75, 3.05) is 33.5 Å². The summed E-state index contributed by atoms with van der Waals surface area (Å²) in [5.41, 5.74) is 5.85. The molecule has 4 N–H and O–H groups in total. The van der Waals surface area contributed by atoms with Gasteiger partial charge in [0.05, 0.1) is 0 Å². The fraction of sp³-hybridized carbons (Fsp3) is 0.227. The fourth-order valence-electron chi connectivity index (χ4n) is 3.08. The molecule has 178 valence electrons. The molecule has 34 heavy (non-hydrogen) atoms. The molecule has 0 aliphatic rings. The van der Waals surface area contributed by atoms with Crippen molar-refractivity contribution < 1.29 is 23.9 Å². The number of hydrazine groups is 2. The third kappa shape index (κ3) is 5.79. The molecule has 0 atom stereocenters. The van der Waals surface area contributed by atoms with Crippen LogP contribution in [0.2, 0.25) is 0 Å². The van der Waals surface area contributed by atoms with E-state index in [2.05, 4.69) is 26.1 Å². The number of aromatic hydroxyl groups is 1. The van der Waals surface area contributed by atoms with Gasteiger partial charge in [0.25, 0.3) is 5.91 Å². The molecule has 0 radical (unpaired) electrons. The largest absolute Gasteiger partial charge is 0.504 e. The minimum atomic E-state index is -1.03. The summed E-state index contributed by atoms with van der Waals surface area (Å²) in [6.07, 6.45) is 1.87. The number of hydrogen-bond acceptors (Lipinski definition) is 8. The summed E-state index contributed by atoms with van der Waals surface area (Å²) in [6.45, 7) is 0. The second-order valence-corrected chi connectivity index (χ2v) is 7.83. The first-order valence-electron chi connectivity index (χ1n) is 10.1. The molecule has 11 nitrogen and oxygen atoms in total. The number of aromatic nitrogens is 2. The molecule has 12 heteroatoms. The number of carbonyl (C=O) groups excluding carboxylic acids is 3. The average Bonchev–Trinajstić information content (AvgIpc) is 2.76. The van der Waals surface area contributed by atoms with E-state index in [1.165, 1.54) is 42.4 Å². The number of benzene rings is 1. The lowest BCUT2D eigenvalue weighted by molar-refractivity contribution is -0.138. The summed E-state index contributed by atoms with van der Waals surface area (Å²) in [5, 5.41) is 15.9. The van der Waals surface area contributed by atoms with Gasteiger partial charge < -0.3 is 10.4 Å². The van der Waals surface area contributed by atoms with E-state index in [0.29, 0.717) is 12.0 Å². The maximum atomic E-state index is 13.2. The van der Waals surface area contributed by atoms with Crippen molar-refractivity contribution in [3.05, 3.63) is 59.2 Å². The molecular formula is C22H24FN7O4. The number of nitrogens with one attached hydrogen (secondary N) is 3. The first-order chi connectivity index (χ1) is 16.0. The Labute approximate surface area is 194 Å². The van der Waals surface area contributed by atoms with Crippen LogP contribution in [0.3, 0.4) is 0 Å². The zero-order valence-corrected chi connectivity index (χ0v) is 19.0. The number of pyridine rings is 2. The van der Waals surface area contributed by atoms with Crippen LogP contribution in [-0.2, 0) is 16.0 Å². The molecular weight excluding hydrogens is 445 g/mol. The van der Waals surface area contributed by atoms with Gasteiger partial charge in [-0.15, -0.1) is 0 Å². The third-order valence-electron chi connectivity index (χ3n) is 4.50. The zero-order chi connectivity index (χ0) is 25.0. The van der Waals surface area contributed by atoms with Crippen molar-refractivity contribution in [1.29, 1.82) is 0 Å². The van der Waals surface area contributed by atoms with Crippen molar-refractivity contribution in [1.82, 2.24) is 30.8 Å². The Kier molecular flexibility index (Phi) is 7.34. The normalized spacial score (nSPS) is 11.0. The van der Waals surface area contributed by atoms with Crippen molar-refractivity contribution in [2.45, 2.75) is 6.42 Å². The lowest BCUT2D eigenvalue weighted by Gasteiger charge is -2.16. The van der Waals surface area contributed by atoms with Crippen LogP contribution in [0.15, 0.2) is 36.5 Å². The van der Waals surface area contributed by atoms with E-state index in [-0.39, 0.29) is 28.2 Å². The number of halogens is 1. The first kappa shape index (κ1) is 24.5. The van der Waals surface area contributed by atoms with Gasteiger partial charge in [-0.25, -0.2) is 19.4 Å². The van der Waals surface area contributed by atoms with Gasteiger partial charge in [-0.1, -0.05) is 12.1 Å². The van der Waals surface area contributed by atoms with Gasteiger partial charge >= 0.3 is 11.8 Å². The van der Waals surface area contributed by atoms with Crippen molar-refractivity contribution >= 4 is 34.4 Å². The minimum Gasteiger partial charge on any atom is -0.504 e. The smallest absolute Gasteiger partial charge is 0.323 e. The predicted octanol–water partition coefficient (Wildman–Crippen LogP) is 0.803. The summed E-state index contributed by atoms with van der Waals surface area (Å²) in [6, 6.07) is 7.53. The number of nitrogens with zero attached hydrogens (tertiary/aromatic N) is 4. The lowest BCUT2D eigenvalue weighted by Crippen LogP contribution is -2.43. The van der Waals surface area contributed by atoms with Crippen LogP contribution < -0.4 is 16.2 Å². The maximum absolute atomic E-state index is 13.2. The van der Waals surface area contributed by atoms with Crippen LogP contribution in [0.25, 0.3) is 10.9 Å². The maximum Gasteiger partial charge on any atom is 0.323 e. The Hall–Kier alpha value is -4.16. The molecule has 3 amide bonds. The van der Waals surface area contributed by atoms with Crippen LogP contribution in [0.4, 0.5) is 10.2 Å².